The van der Waals surface area contributed by atoms with Crippen molar-refractivity contribution in [3.63, 3.8) is 0 Å². The zero-order chi connectivity index (χ0) is 16.8. The van der Waals surface area contributed by atoms with Crippen molar-refractivity contribution in [3.05, 3.63) is 30.1 Å². The summed E-state index contributed by atoms with van der Waals surface area (Å²) in [6.45, 7) is 0.709. The lowest BCUT2D eigenvalue weighted by molar-refractivity contribution is 0.114. The van der Waals surface area contributed by atoms with Crippen LogP contribution in [0.2, 0.25) is 0 Å². The van der Waals surface area contributed by atoms with Crippen molar-refractivity contribution in [1.29, 1.82) is 0 Å². The predicted octanol–water partition coefficient (Wildman–Crippen LogP) is 1.74. The number of carbonyl (C=O) groups is 1. The van der Waals surface area contributed by atoms with Crippen LogP contribution >= 0.6 is 0 Å². The Morgan fingerprint density at radius 3 is 2.83 bits per heavy atom. The predicted molar refractivity (Wildman–Crippen MR) is 87.1 cm³/mol. The van der Waals surface area contributed by atoms with E-state index < -0.39 is 16.6 Å². The molecule has 1 aliphatic carbocycles. The molecule has 3 atom stereocenters. The average molecular weight is 342 g/mol. The molecule has 0 radical (unpaired) electrons. The van der Waals surface area contributed by atoms with E-state index in [2.05, 4.69) is 5.32 Å². The van der Waals surface area contributed by atoms with Gasteiger partial charge in [-0.2, -0.15) is 0 Å². The number of urea groups is 1. The monoisotopic (exact) mass is 342 g/mol. The Hall–Kier alpha value is -1.47. The fraction of sp³-hybridized carbons (Fsp3) is 0.562. The molecule has 0 bridgehead atoms. The summed E-state index contributed by atoms with van der Waals surface area (Å²) in [5.74, 6) is -0.213. The van der Waals surface area contributed by atoms with E-state index in [4.69, 9.17) is 0 Å². The molecule has 128 valence electrons. The fourth-order valence-electron chi connectivity index (χ4n) is 2.79. The van der Waals surface area contributed by atoms with Gasteiger partial charge in [-0.15, -0.1) is 0 Å². The smallest absolute Gasteiger partial charge is 0.317 e. The molecule has 0 unspecified atom stereocenters. The van der Waals surface area contributed by atoms with Gasteiger partial charge in [0.1, 0.15) is 5.82 Å². The van der Waals surface area contributed by atoms with E-state index >= 15 is 0 Å². The summed E-state index contributed by atoms with van der Waals surface area (Å²) < 4.78 is 25.5. The summed E-state index contributed by atoms with van der Waals surface area (Å²) in [6, 6.07) is 5.67. The molecule has 2 N–H and O–H groups in total. The van der Waals surface area contributed by atoms with Crippen molar-refractivity contribution in [2.45, 2.75) is 30.3 Å². The standard InChI is InChI=1S/C16H23FN2O3S/c1-19(11-12-5-4-7-14(12)20)16(21)18-9-10-23(22)15-8-3-2-6-13(15)17/h2-3,6,8,12,14,20H,4-5,7,9-11H2,1H3,(H,18,21)/t12-,14+,23+/m0/s1. The first-order valence-electron chi connectivity index (χ1n) is 7.79. The van der Waals surface area contributed by atoms with Crippen LogP contribution in [0.15, 0.2) is 29.2 Å². The van der Waals surface area contributed by atoms with Gasteiger partial charge in [0.15, 0.2) is 0 Å². The molecule has 0 saturated heterocycles. The zero-order valence-corrected chi connectivity index (χ0v) is 14.0. The van der Waals surface area contributed by atoms with Gasteiger partial charge in [0, 0.05) is 31.8 Å². The number of carbonyl (C=O) groups excluding carboxylic acids is 1. The van der Waals surface area contributed by atoms with Gasteiger partial charge in [-0.05, 0) is 25.0 Å². The van der Waals surface area contributed by atoms with E-state index in [9.17, 15) is 18.5 Å². The normalized spacial score (nSPS) is 21.9. The molecule has 7 heteroatoms. The fourth-order valence-corrected chi connectivity index (χ4v) is 3.81. The second kappa shape index (κ2) is 8.40. The quantitative estimate of drug-likeness (QED) is 0.827. The van der Waals surface area contributed by atoms with Crippen LogP contribution < -0.4 is 5.32 Å². The van der Waals surface area contributed by atoms with E-state index in [-0.39, 0.29) is 35.2 Å². The van der Waals surface area contributed by atoms with Crippen molar-refractivity contribution in [2.75, 3.05) is 25.9 Å². The third-order valence-electron chi connectivity index (χ3n) is 4.12. The van der Waals surface area contributed by atoms with Crippen LogP contribution in [0, 0.1) is 11.7 Å². The van der Waals surface area contributed by atoms with Gasteiger partial charge < -0.3 is 15.3 Å². The first-order chi connectivity index (χ1) is 11.0. The highest BCUT2D eigenvalue weighted by Gasteiger charge is 2.27. The van der Waals surface area contributed by atoms with E-state index in [1.807, 2.05) is 0 Å². The highest BCUT2D eigenvalue weighted by Crippen LogP contribution is 2.25. The Labute approximate surface area is 138 Å². The first-order valence-corrected chi connectivity index (χ1v) is 9.11. The van der Waals surface area contributed by atoms with Crippen molar-refractivity contribution in [2.24, 2.45) is 5.92 Å². The number of rotatable bonds is 6. The number of halogens is 1. The molecule has 2 rings (SSSR count). The maximum atomic E-state index is 13.5. The molecule has 0 aromatic heterocycles. The number of hydrogen-bond acceptors (Lipinski definition) is 3. The summed E-state index contributed by atoms with van der Waals surface area (Å²) in [4.78, 5) is 13.7. The first kappa shape index (κ1) is 17.9. The summed E-state index contributed by atoms with van der Waals surface area (Å²) in [5.41, 5.74) is 0. The molecular weight excluding hydrogens is 319 g/mol. The van der Waals surface area contributed by atoms with Crippen molar-refractivity contribution < 1.29 is 18.5 Å². The Kier molecular flexibility index (Phi) is 6.53. The van der Waals surface area contributed by atoms with Crippen LogP contribution in [0.5, 0.6) is 0 Å². The molecule has 1 saturated carbocycles. The molecule has 2 amide bonds. The minimum atomic E-state index is -1.48. The number of nitrogens with zero attached hydrogens (tertiary/aromatic N) is 1. The largest absolute Gasteiger partial charge is 0.393 e. The third-order valence-corrected chi connectivity index (χ3v) is 5.52. The highest BCUT2D eigenvalue weighted by molar-refractivity contribution is 7.85. The molecular formula is C16H23FN2O3S. The van der Waals surface area contributed by atoms with E-state index in [1.54, 1.807) is 19.2 Å². The Morgan fingerprint density at radius 2 is 2.17 bits per heavy atom. The van der Waals surface area contributed by atoms with Crippen LogP contribution in [0.4, 0.5) is 9.18 Å². The number of benzene rings is 1. The van der Waals surface area contributed by atoms with Crippen LogP contribution in [-0.4, -0.2) is 52.2 Å². The number of amides is 2. The Bertz CT molecular complexity index is 570. The summed E-state index contributed by atoms with van der Waals surface area (Å²) in [5, 5.41) is 12.5. The van der Waals surface area contributed by atoms with Crippen LogP contribution in [0.3, 0.4) is 0 Å². The molecule has 23 heavy (non-hydrogen) atoms. The topological polar surface area (TPSA) is 69.6 Å². The molecule has 1 aromatic rings. The van der Waals surface area contributed by atoms with Gasteiger partial charge in [0.25, 0.3) is 0 Å². The lowest BCUT2D eigenvalue weighted by Gasteiger charge is -2.23. The highest BCUT2D eigenvalue weighted by atomic mass is 32.2. The lowest BCUT2D eigenvalue weighted by atomic mass is 10.1. The van der Waals surface area contributed by atoms with Gasteiger partial charge in [0.05, 0.1) is 21.8 Å². The molecule has 1 aromatic carbocycles. The minimum absolute atomic E-state index is 0.123. The Morgan fingerprint density at radius 1 is 1.43 bits per heavy atom. The average Bonchev–Trinajstić information content (AvgIpc) is 2.92. The van der Waals surface area contributed by atoms with Crippen molar-refractivity contribution in [3.8, 4) is 0 Å². The summed E-state index contributed by atoms with van der Waals surface area (Å²) >= 11 is 0. The maximum Gasteiger partial charge on any atom is 0.317 e. The molecule has 5 nitrogen and oxygen atoms in total. The molecule has 0 heterocycles. The molecule has 1 fully saturated rings. The van der Waals surface area contributed by atoms with Crippen molar-refractivity contribution >= 4 is 16.8 Å². The van der Waals surface area contributed by atoms with E-state index in [1.165, 1.54) is 17.0 Å². The van der Waals surface area contributed by atoms with Crippen LogP contribution in [0.1, 0.15) is 19.3 Å². The van der Waals surface area contributed by atoms with Gasteiger partial charge in [-0.1, -0.05) is 18.6 Å². The molecule has 0 aliphatic heterocycles. The van der Waals surface area contributed by atoms with Gasteiger partial charge >= 0.3 is 6.03 Å². The van der Waals surface area contributed by atoms with Gasteiger partial charge in [0.2, 0.25) is 0 Å². The lowest BCUT2D eigenvalue weighted by Crippen LogP contribution is -2.42. The van der Waals surface area contributed by atoms with Crippen LogP contribution in [0.25, 0.3) is 0 Å². The van der Waals surface area contributed by atoms with Crippen molar-refractivity contribution in [1.82, 2.24) is 10.2 Å². The SMILES string of the molecule is CN(C[C@@H]1CCC[C@H]1O)C(=O)NCC[S@@](=O)c1ccccc1F. The van der Waals surface area contributed by atoms with E-state index in [0.29, 0.717) is 6.54 Å². The van der Waals surface area contributed by atoms with E-state index in [0.717, 1.165) is 19.3 Å². The molecule has 0 spiro atoms. The number of aliphatic hydroxyl groups excluding tert-OH is 1. The summed E-state index contributed by atoms with van der Waals surface area (Å²) in [7, 11) is 0.192. The van der Waals surface area contributed by atoms with Crippen LogP contribution in [-0.2, 0) is 10.8 Å². The second-order valence-corrected chi connectivity index (χ2v) is 7.39. The number of aliphatic hydroxyl groups is 1. The molecule has 1 aliphatic rings. The zero-order valence-electron chi connectivity index (χ0n) is 13.2. The minimum Gasteiger partial charge on any atom is -0.393 e. The third kappa shape index (κ3) is 5.00. The second-order valence-electron chi connectivity index (χ2n) is 5.85. The number of nitrogens with one attached hydrogen (secondary N) is 1. The van der Waals surface area contributed by atoms with Gasteiger partial charge in [-0.25, -0.2) is 9.18 Å². The maximum absolute atomic E-state index is 13.5. The Balaban J connectivity index is 1.74. The number of hydrogen-bond donors (Lipinski definition) is 2. The van der Waals surface area contributed by atoms with Gasteiger partial charge in [-0.3, -0.25) is 4.21 Å². The summed E-state index contributed by atoms with van der Waals surface area (Å²) in [6.07, 6.45) is 2.37.